The molecule has 4 N–H and O–H groups in total. The Hall–Kier alpha value is -3.62. The lowest BCUT2D eigenvalue weighted by molar-refractivity contribution is 0.118. The highest BCUT2D eigenvalue weighted by atomic mass is 16.5. The lowest BCUT2D eigenvalue weighted by atomic mass is 9.99. The van der Waals surface area contributed by atoms with Crippen LogP contribution in [0, 0.1) is 5.41 Å². The monoisotopic (exact) mass is 410 g/mol. The summed E-state index contributed by atoms with van der Waals surface area (Å²) in [5, 5.41) is 15.7. The third kappa shape index (κ3) is 5.69. The van der Waals surface area contributed by atoms with Crippen molar-refractivity contribution in [2.75, 3.05) is 17.2 Å². The summed E-state index contributed by atoms with van der Waals surface area (Å²) in [6.07, 6.45) is 0.934. The van der Waals surface area contributed by atoms with Crippen LogP contribution >= 0.6 is 0 Å². The van der Waals surface area contributed by atoms with Gasteiger partial charge in [0.15, 0.2) is 5.82 Å². The van der Waals surface area contributed by atoms with E-state index in [9.17, 15) is 9.59 Å². The van der Waals surface area contributed by atoms with Crippen molar-refractivity contribution in [3.8, 4) is 0 Å². The van der Waals surface area contributed by atoms with Gasteiger partial charge in [-0.05, 0) is 17.9 Å². The van der Waals surface area contributed by atoms with E-state index in [4.69, 9.17) is 4.74 Å². The largest absolute Gasteiger partial charge is 0.449 e. The summed E-state index contributed by atoms with van der Waals surface area (Å²) in [7, 11) is 0. The Morgan fingerprint density at radius 3 is 2.60 bits per heavy atom. The highest BCUT2D eigenvalue weighted by Gasteiger charge is 2.16. The van der Waals surface area contributed by atoms with Crippen molar-refractivity contribution in [1.82, 2.24) is 20.5 Å². The second-order valence-corrected chi connectivity index (χ2v) is 8.18. The SMILES string of the molecule is CC(NC(=O)Nc1cc2[nH]nc(NC(=O)OCC(C)(C)C)c2cn1)c1ccccc1. The Balaban J connectivity index is 1.61. The molecule has 158 valence electrons. The quantitative estimate of drug-likeness (QED) is 0.496. The van der Waals surface area contributed by atoms with Gasteiger partial charge in [0.2, 0.25) is 0 Å². The zero-order valence-corrected chi connectivity index (χ0v) is 17.4. The van der Waals surface area contributed by atoms with E-state index in [1.54, 1.807) is 6.07 Å². The normalized spacial score (nSPS) is 12.3. The maximum atomic E-state index is 12.3. The second kappa shape index (κ2) is 8.81. The molecule has 3 aromatic rings. The Morgan fingerprint density at radius 2 is 1.90 bits per heavy atom. The molecule has 30 heavy (non-hydrogen) atoms. The van der Waals surface area contributed by atoms with Crippen molar-refractivity contribution < 1.29 is 14.3 Å². The zero-order valence-electron chi connectivity index (χ0n) is 17.4. The minimum absolute atomic E-state index is 0.133. The van der Waals surface area contributed by atoms with Crippen LogP contribution in [-0.2, 0) is 4.74 Å². The van der Waals surface area contributed by atoms with Gasteiger partial charge in [-0.2, -0.15) is 5.10 Å². The fourth-order valence-corrected chi connectivity index (χ4v) is 2.67. The summed E-state index contributed by atoms with van der Waals surface area (Å²) in [6.45, 7) is 8.10. The van der Waals surface area contributed by atoms with E-state index in [-0.39, 0.29) is 24.1 Å². The summed E-state index contributed by atoms with van der Waals surface area (Å²) in [5.41, 5.74) is 1.48. The molecule has 1 atom stereocenters. The molecule has 0 saturated heterocycles. The Labute approximate surface area is 174 Å². The average molecular weight is 410 g/mol. The first-order chi connectivity index (χ1) is 14.2. The number of fused-ring (bicyclic) bond motifs is 1. The number of aromatic amines is 1. The van der Waals surface area contributed by atoms with Gasteiger partial charge < -0.3 is 10.1 Å². The van der Waals surface area contributed by atoms with E-state index in [1.165, 1.54) is 6.20 Å². The Morgan fingerprint density at radius 1 is 1.17 bits per heavy atom. The van der Waals surface area contributed by atoms with Crippen molar-refractivity contribution in [2.24, 2.45) is 5.41 Å². The smallest absolute Gasteiger partial charge is 0.412 e. The molecule has 0 radical (unpaired) electrons. The zero-order chi connectivity index (χ0) is 21.7. The highest BCUT2D eigenvalue weighted by Crippen LogP contribution is 2.22. The number of hydrogen-bond donors (Lipinski definition) is 4. The number of aromatic nitrogens is 3. The van der Waals surface area contributed by atoms with Gasteiger partial charge in [0, 0.05) is 12.3 Å². The lowest BCUT2D eigenvalue weighted by Crippen LogP contribution is -2.31. The number of ether oxygens (including phenoxy) is 1. The molecule has 3 amide bonds. The molecule has 0 fully saturated rings. The van der Waals surface area contributed by atoms with Crippen LogP contribution in [-0.4, -0.2) is 33.9 Å². The second-order valence-electron chi connectivity index (χ2n) is 8.18. The van der Waals surface area contributed by atoms with Crippen LogP contribution in [0.1, 0.15) is 39.3 Å². The summed E-state index contributed by atoms with van der Waals surface area (Å²) in [4.78, 5) is 28.5. The number of anilines is 2. The molecule has 9 heteroatoms. The number of urea groups is 1. The number of nitrogens with one attached hydrogen (secondary N) is 4. The fourth-order valence-electron chi connectivity index (χ4n) is 2.67. The molecule has 0 aliphatic carbocycles. The highest BCUT2D eigenvalue weighted by molar-refractivity contribution is 5.98. The van der Waals surface area contributed by atoms with Crippen molar-refractivity contribution in [1.29, 1.82) is 0 Å². The molecule has 0 aliphatic heterocycles. The van der Waals surface area contributed by atoms with Gasteiger partial charge in [-0.25, -0.2) is 14.6 Å². The first kappa shape index (κ1) is 21.1. The standard InChI is InChI=1S/C21H26N6O3/c1-13(14-8-6-5-7-9-14)23-19(28)24-17-10-16-15(11-22-17)18(27-26-16)25-20(29)30-12-21(2,3)4/h5-11,13H,12H2,1-4H3,(H2,22,23,24,28)(H2,25,26,27,29). The minimum Gasteiger partial charge on any atom is -0.449 e. The van der Waals surface area contributed by atoms with Crippen molar-refractivity contribution >= 4 is 34.7 Å². The molecule has 0 spiro atoms. The molecular weight excluding hydrogens is 384 g/mol. The topological polar surface area (TPSA) is 121 Å². The van der Waals surface area contributed by atoms with Crippen molar-refractivity contribution in [3.05, 3.63) is 48.2 Å². The number of carbonyl (C=O) groups is 2. The van der Waals surface area contributed by atoms with Gasteiger partial charge in [0.05, 0.1) is 23.6 Å². The molecule has 2 aromatic heterocycles. The molecule has 1 aromatic carbocycles. The van der Waals surface area contributed by atoms with E-state index in [0.29, 0.717) is 22.5 Å². The summed E-state index contributed by atoms with van der Waals surface area (Å²) >= 11 is 0. The molecule has 9 nitrogen and oxygen atoms in total. The third-order valence-electron chi connectivity index (χ3n) is 4.19. The first-order valence-corrected chi connectivity index (χ1v) is 9.62. The molecule has 0 aliphatic rings. The van der Waals surface area contributed by atoms with Crippen LogP contribution in [0.25, 0.3) is 10.9 Å². The lowest BCUT2D eigenvalue weighted by Gasteiger charge is -2.17. The summed E-state index contributed by atoms with van der Waals surface area (Å²) in [5.74, 6) is 0.663. The van der Waals surface area contributed by atoms with Crippen LogP contribution in [0.3, 0.4) is 0 Å². The summed E-state index contributed by atoms with van der Waals surface area (Å²) < 4.78 is 5.19. The predicted octanol–water partition coefficient (Wildman–Crippen LogP) is 4.44. The molecule has 1 unspecified atom stereocenters. The van der Waals surface area contributed by atoms with Gasteiger partial charge >= 0.3 is 12.1 Å². The van der Waals surface area contributed by atoms with Crippen molar-refractivity contribution in [2.45, 2.75) is 33.7 Å². The fraction of sp³-hybridized carbons (Fsp3) is 0.333. The van der Waals surface area contributed by atoms with Crippen LogP contribution in [0.4, 0.5) is 21.2 Å². The molecular formula is C21H26N6O3. The Kier molecular flexibility index (Phi) is 6.20. The average Bonchev–Trinajstić information content (AvgIpc) is 3.08. The number of nitrogens with zero attached hydrogens (tertiary/aromatic N) is 2. The molecule has 3 rings (SSSR count). The number of carbonyl (C=O) groups excluding carboxylic acids is 2. The van der Waals surface area contributed by atoms with Crippen LogP contribution < -0.4 is 16.0 Å². The number of hydrogen-bond acceptors (Lipinski definition) is 5. The van der Waals surface area contributed by atoms with Gasteiger partial charge in [-0.1, -0.05) is 51.1 Å². The van der Waals surface area contributed by atoms with E-state index >= 15 is 0 Å². The minimum atomic E-state index is -0.588. The van der Waals surface area contributed by atoms with E-state index in [0.717, 1.165) is 5.56 Å². The number of amides is 3. The van der Waals surface area contributed by atoms with Crippen LogP contribution in [0.15, 0.2) is 42.6 Å². The van der Waals surface area contributed by atoms with E-state index in [1.807, 2.05) is 58.0 Å². The molecule has 0 bridgehead atoms. The number of benzene rings is 1. The summed E-state index contributed by atoms with van der Waals surface area (Å²) in [6, 6.07) is 10.8. The maximum absolute atomic E-state index is 12.3. The predicted molar refractivity (Wildman–Crippen MR) is 115 cm³/mol. The van der Waals surface area contributed by atoms with E-state index in [2.05, 4.69) is 31.1 Å². The molecule has 0 saturated carbocycles. The number of rotatable bonds is 5. The van der Waals surface area contributed by atoms with E-state index < -0.39 is 6.09 Å². The maximum Gasteiger partial charge on any atom is 0.412 e. The van der Waals surface area contributed by atoms with Crippen LogP contribution in [0.5, 0.6) is 0 Å². The van der Waals surface area contributed by atoms with Gasteiger partial charge in [-0.3, -0.25) is 15.7 Å². The van der Waals surface area contributed by atoms with Gasteiger partial charge in [0.1, 0.15) is 5.82 Å². The van der Waals surface area contributed by atoms with Gasteiger partial charge in [-0.15, -0.1) is 0 Å². The van der Waals surface area contributed by atoms with Crippen molar-refractivity contribution in [3.63, 3.8) is 0 Å². The first-order valence-electron chi connectivity index (χ1n) is 9.62. The number of H-pyrrole nitrogens is 1. The Bertz CT molecular complexity index is 1030. The van der Waals surface area contributed by atoms with Gasteiger partial charge in [0.25, 0.3) is 0 Å². The molecule has 2 heterocycles. The van der Waals surface area contributed by atoms with Crippen LogP contribution in [0.2, 0.25) is 0 Å². The number of pyridine rings is 1. The third-order valence-corrected chi connectivity index (χ3v) is 4.19.